The monoisotopic (exact) mass is 387 g/mol. The first kappa shape index (κ1) is 18.0. The lowest BCUT2D eigenvalue weighted by atomic mass is 9.89. The SMILES string of the molecule is COc1cc(OC)c(F)c(C2=Cc3[nH]nc(-c4c(N)cnn4C)c3CC2)c1F. The normalized spacial score (nSPS) is 13.2. The molecular weight excluding hydrogens is 368 g/mol. The molecule has 1 aromatic carbocycles. The number of aromatic amines is 1. The van der Waals surface area contributed by atoms with Crippen molar-refractivity contribution in [3.05, 3.63) is 40.7 Å². The van der Waals surface area contributed by atoms with Gasteiger partial charge in [-0.1, -0.05) is 0 Å². The van der Waals surface area contributed by atoms with Gasteiger partial charge >= 0.3 is 0 Å². The van der Waals surface area contributed by atoms with Gasteiger partial charge in [0, 0.05) is 18.7 Å². The minimum atomic E-state index is -0.758. The number of nitrogens with two attached hydrogens (primary N) is 1. The van der Waals surface area contributed by atoms with E-state index in [0.29, 0.717) is 41.2 Å². The second-order valence-corrected chi connectivity index (χ2v) is 6.49. The van der Waals surface area contributed by atoms with Crippen LogP contribution >= 0.6 is 0 Å². The molecule has 9 heteroatoms. The van der Waals surface area contributed by atoms with Crippen LogP contribution in [0.1, 0.15) is 23.2 Å². The van der Waals surface area contributed by atoms with E-state index >= 15 is 0 Å². The van der Waals surface area contributed by atoms with Crippen LogP contribution in [-0.4, -0.2) is 34.2 Å². The molecule has 0 bridgehead atoms. The third-order valence-electron chi connectivity index (χ3n) is 4.95. The quantitative estimate of drug-likeness (QED) is 0.718. The summed E-state index contributed by atoms with van der Waals surface area (Å²) in [6.07, 6.45) is 4.22. The van der Waals surface area contributed by atoms with E-state index in [1.54, 1.807) is 24.0 Å². The van der Waals surface area contributed by atoms with Gasteiger partial charge in [0.25, 0.3) is 0 Å². The summed E-state index contributed by atoms with van der Waals surface area (Å²) in [7, 11) is 4.43. The van der Waals surface area contributed by atoms with Crippen molar-refractivity contribution in [1.29, 1.82) is 0 Å². The van der Waals surface area contributed by atoms with E-state index in [4.69, 9.17) is 15.2 Å². The summed E-state index contributed by atoms with van der Waals surface area (Å²) in [5, 5.41) is 11.4. The van der Waals surface area contributed by atoms with Crippen molar-refractivity contribution in [3.63, 3.8) is 0 Å². The molecule has 28 heavy (non-hydrogen) atoms. The van der Waals surface area contributed by atoms with Crippen LogP contribution in [0.2, 0.25) is 0 Å². The lowest BCUT2D eigenvalue weighted by Gasteiger charge is -2.18. The van der Waals surface area contributed by atoms with E-state index in [2.05, 4.69) is 15.3 Å². The Morgan fingerprint density at radius 1 is 1.14 bits per heavy atom. The maximum absolute atomic E-state index is 14.8. The number of ether oxygens (including phenoxy) is 2. The summed E-state index contributed by atoms with van der Waals surface area (Å²) >= 11 is 0. The largest absolute Gasteiger partial charge is 0.494 e. The summed E-state index contributed by atoms with van der Waals surface area (Å²) in [6.45, 7) is 0. The molecule has 0 spiro atoms. The zero-order valence-corrected chi connectivity index (χ0v) is 15.6. The van der Waals surface area contributed by atoms with E-state index in [1.165, 1.54) is 20.3 Å². The molecule has 1 aliphatic rings. The van der Waals surface area contributed by atoms with Crippen LogP contribution in [0.4, 0.5) is 14.5 Å². The van der Waals surface area contributed by atoms with E-state index in [9.17, 15) is 8.78 Å². The first-order valence-electron chi connectivity index (χ1n) is 8.62. The zero-order valence-electron chi connectivity index (χ0n) is 15.6. The Kier molecular flexibility index (Phi) is 4.29. The Balaban J connectivity index is 1.84. The fraction of sp³-hybridized carbons (Fsp3) is 0.263. The summed E-state index contributed by atoms with van der Waals surface area (Å²) in [5.74, 6) is -1.67. The second kappa shape index (κ2) is 6.66. The van der Waals surface area contributed by atoms with Crippen LogP contribution in [0.15, 0.2) is 12.3 Å². The van der Waals surface area contributed by atoms with Gasteiger partial charge in [-0.05, 0) is 24.5 Å². The molecule has 7 nitrogen and oxygen atoms in total. The molecule has 2 aromatic heterocycles. The van der Waals surface area contributed by atoms with Gasteiger partial charge in [-0.25, -0.2) is 8.78 Å². The van der Waals surface area contributed by atoms with Gasteiger partial charge in [-0.15, -0.1) is 0 Å². The highest BCUT2D eigenvalue weighted by molar-refractivity contribution is 5.87. The molecule has 2 heterocycles. The van der Waals surface area contributed by atoms with Crippen LogP contribution in [-0.2, 0) is 13.5 Å². The smallest absolute Gasteiger partial charge is 0.175 e. The maximum atomic E-state index is 14.8. The van der Waals surface area contributed by atoms with Crippen molar-refractivity contribution < 1.29 is 18.3 Å². The van der Waals surface area contributed by atoms with E-state index in [-0.39, 0.29) is 17.1 Å². The molecule has 3 N–H and O–H groups in total. The van der Waals surface area contributed by atoms with Crippen molar-refractivity contribution >= 4 is 17.3 Å². The first-order chi connectivity index (χ1) is 13.5. The Morgan fingerprint density at radius 3 is 2.39 bits per heavy atom. The van der Waals surface area contributed by atoms with Crippen molar-refractivity contribution in [2.45, 2.75) is 12.8 Å². The number of rotatable bonds is 4. The number of nitrogen functional groups attached to an aromatic ring is 1. The minimum absolute atomic E-state index is 0.0760. The van der Waals surface area contributed by atoms with Crippen LogP contribution in [0.5, 0.6) is 11.5 Å². The van der Waals surface area contributed by atoms with Crippen LogP contribution in [0, 0.1) is 11.6 Å². The van der Waals surface area contributed by atoms with Gasteiger partial charge in [0.15, 0.2) is 23.1 Å². The summed E-state index contributed by atoms with van der Waals surface area (Å²) in [5.41, 5.74) is 9.86. The highest BCUT2D eigenvalue weighted by Crippen LogP contribution is 2.41. The number of halogens is 2. The molecule has 0 aliphatic heterocycles. The number of anilines is 1. The molecule has 0 radical (unpaired) electrons. The number of allylic oxidation sites excluding steroid dienone is 1. The number of methoxy groups -OCH3 is 2. The number of aryl methyl sites for hydroxylation is 1. The Hall–Kier alpha value is -3.36. The number of aromatic nitrogens is 4. The van der Waals surface area contributed by atoms with Crippen molar-refractivity contribution in [2.24, 2.45) is 7.05 Å². The lowest BCUT2D eigenvalue weighted by molar-refractivity contribution is 0.357. The molecule has 3 aromatic rings. The molecule has 0 saturated carbocycles. The van der Waals surface area contributed by atoms with E-state index in [0.717, 1.165) is 5.56 Å². The van der Waals surface area contributed by atoms with E-state index < -0.39 is 11.6 Å². The predicted octanol–water partition coefficient (Wildman–Crippen LogP) is 3.17. The highest BCUT2D eigenvalue weighted by atomic mass is 19.1. The summed E-state index contributed by atoms with van der Waals surface area (Å²) in [6, 6.07) is 1.20. The van der Waals surface area contributed by atoms with Crippen molar-refractivity contribution in [2.75, 3.05) is 20.0 Å². The second-order valence-electron chi connectivity index (χ2n) is 6.49. The highest BCUT2D eigenvalue weighted by Gasteiger charge is 2.27. The van der Waals surface area contributed by atoms with Gasteiger partial charge in [0.1, 0.15) is 11.4 Å². The molecule has 0 saturated heterocycles. The van der Waals surface area contributed by atoms with Gasteiger partial charge in [0.05, 0.1) is 37.4 Å². The summed E-state index contributed by atoms with van der Waals surface area (Å²) < 4.78 is 41.4. The zero-order chi connectivity index (χ0) is 20.0. The lowest BCUT2D eigenvalue weighted by Crippen LogP contribution is -2.06. The molecule has 146 valence electrons. The van der Waals surface area contributed by atoms with Crippen molar-refractivity contribution in [1.82, 2.24) is 20.0 Å². The Morgan fingerprint density at radius 2 is 1.82 bits per heavy atom. The standard InChI is InChI=1S/C19H19F2N5O2/c1-26-19(11(22)8-23-26)18-10-5-4-9(6-12(10)24-25-18)15-16(20)13(27-2)7-14(28-3)17(15)21/h6-8H,4-5,22H2,1-3H3,(H,24,25). The molecule has 1 aliphatic carbocycles. The molecule has 0 unspecified atom stereocenters. The van der Waals surface area contributed by atoms with Gasteiger partial charge in [-0.2, -0.15) is 10.2 Å². The topological polar surface area (TPSA) is 91.0 Å². The third-order valence-corrected chi connectivity index (χ3v) is 4.95. The van der Waals surface area contributed by atoms with E-state index in [1.807, 2.05) is 0 Å². The molecule has 0 atom stereocenters. The number of hydrogen-bond acceptors (Lipinski definition) is 5. The number of nitrogens with one attached hydrogen (secondary N) is 1. The number of nitrogens with zero attached hydrogens (tertiary/aromatic N) is 3. The van der Waals surface area contributed by atoms with Gasteiger partial charge in [0.2, 0.25) is 0 Å². The Bertz CT molecular complexity index is 1050. The predicted molar refractivity (Wildman–Crippen MR) is 101 cm³/mol. The number of fused-ring (bicyclic) bond motifs is 1. The number of hydrogen-bond donors (Lipinski definition) is 2. The average Bonchev–Trinajstić information content (AvgIpc) is 3.24. The summed E-state index contributed by atoms with van der Waals surface area (Å²) in [4.78, 5) is 0. The van der Waals surface area contributed by atoms with Crippen LogP contribution < -0.4 is 15.2 Å². The first-order valence-corrected chi connectivity index (χ1v) is 8.62. The molecular formula is C19H19F2N5O2. The third kappa shape index (κ3) is 2.62. The number of H-pyrrole nitrogens is 1. The van der Waals surface area contributed by atoms with Gasteiger partial charge < -0.3 is 15.2 Å². The maximum Gasteiger partial charge on any atom is 0.175 e. The Labute approximate surface area is 159 Å². The van der Waals surface area contributed by atoms with Crippen LogP contribution in [0.3, 0.4) is 0 Å². The van der Waals surface area contributed by atoms with Crippen molar-refractivity contribution in [3.8, 4) is 22.9 Å². The fourth-order valence-electron chi connectivity index (χ4n) is 3.56. The fourth-order valence-corrected chi connectivity index (χ4v) is 3.56. The number of benzene rings is 1. The molecule has 0 amide bonds. The van der Waals surface area contributed by atoms with Gasteiger partial charge in [-0.3, -0.25) is 9.78 Å². The molecule has 0 fully saturated rings. The average molecular weight is 387 g/mol. The van der Waals surface area contributed by atoms with Crippen LogP contribution in [0.25, 0.3) is 23.0 Å². The minimum Gasteiger partial charge on any atom is -0.494 e. The molecule has 4 rings (SSSR count).